The molecule has 2 nitrogen and oxygen atoms in total. The standard InChI is InChI=1S/C16H24FNO/c1-2-12-7-9-16(11-18,10-8-12)15(19)13-3-5-14(17)6-4-13/h3-6,12,15,19H,2,7-11,18H2,1H3. The normalized spacial score (nSPS) is 29.2. The lowest BCUT2D eigenvalue weighted by Gasteiger charge is -2.43. The van der Waals surface area contributed by atoms with Crippen LogP contribution >= 0.6 is 0 Å². The van der Waals surface area contributed by atoms with Crippen molar-refractivity contribution in [1.82, 2.24) is 0 Å². The van der Waals surface area contributed by atoms with Crippen LogP contribution in [0.4, 0.5) is 4.39 Å². The van der Waals surface area contributed by atoms with Gasteiger partial charge in [-0.25, -0.2) is 4.39 Å². The molecule has 0 spiro atoms. The molecule has 19 heavy (non-hydrogen) atoms. The van der Waals surface area contributed by atoms with E-state index < -0.39 is 6.10 Å². The van der Waals surface area contributed by atoms with Crippen LogP contribution in [0, 0.1) is 17.2 Å². The molecule has 1 aromatic rings. The zero-order valence-electron chi connectivity index (χ0n) is 11.6. The highest BCUT2D eigenvalue weighted by atomic mass is 19.1. The van der Waals surface area contributed by atoms with Crippen molar-refractivity contribution in [2.24, 2.45) is 17.1 Å². The van der Waals surface area contributed by atoms with Crippen molar-refractivity contribution < 1.29 is 9.50 Å². The zero-order chi connectivity index (χ0) is 13.9. The van der Waals surface area contributed by atoms with Crippen LogP contribution in [0.25, 0.3) is 0 Å². The molecule has 1 saturated carbocycles. The molecule has 0 aromatic heterocycles. The van der Waals surface area contributed by atoms with Crippen LogP contribution in [0.1, 0.15) is 50.7 Å². The summed E-state index contributed by atoms with van der Waals surface area (Å²) in [6.45, 7) is 2.71. The van der Waals surface area contributed by atoms with E-state index in [4.69, 9.17) is 5.73 Å². The van der Waals surface area contributed by atoms with Crippen molar-refractivity contribution in [3.63, 3.8) is 0 Å². The Balaban J connectivity index is 2.15. The van der Waals surface area contributed by atoms with Crippen molar-refractivity contribution in [2.75, 3.05) is 6.54 Å². The predicted molar refractivity (Wildman–Crippen MR) is 75.1 cm³/mol. The van der Waals surface area contributed by atoms with E-state index in [0.717, 1.165) is 37.2 Å². The van der Waals surface area contributed by atoms with Crippen molar-refractivity contribution in [2.45, 2.75) is 45.1 Å². The number of benzene rings is 1. The first-order chi connectivity index (χ1) is 9.11. The van der Waals surface area contributed by atoms with Crippen LogP contribution in [0.2, 0.25) is 0 Å². The van der Waals surface area contributed by atoms with Crippen LogP contribution in [-0.4, -0.2) is 11.7 Å². The highest BCUT2D eigenvalue weighted by Gasteiger charge is 2.40. The Morgan fingerprint density at radius 1 is 1.32 bits per heavy atom. The molecule has 3 heteroatoms. The Morgan fingerprint density at radius 2 is 1.89 bits per heavy atom. The molecule has 2 rings (SSSR count). The third-order valence-corrected chi connectivity index (χ3v) is 4.85. The van der Waals surface area contributed by atoms with Crippen LogP contribution in [0.5, 0.6) is 0 Å². The van der Waals surface area contributed by atoms with E-state index in [1.54, 1.807) is 12.1 Å². The van der Waals surface area contributed by atoms with E-state index in [1.807, 2.05) is 0 Å². The molecule has 1 fully saturated rings. The maximum Gasteiger partial charge on any atom is 0.123 e. The summed E-state index contributed by atoms with van der Waals surface area (Å²) in [7, 11) is 0. The number of aliphatic hydroxyl groups is 1. The summed E-state index contributed by atoms with van der Waals surface area (Å²) in [6.07, 6.45) is 4.79. The van der Waals surface area contributed by atoms with Gasteiger partial charge in [0, 0.05) is 12.0 Å². The largest absolute Gasteiger partial charge is 0.388 e. The minimum Gasteiger partial charge on any atom is -0.388 e. The molecule has 1 aliphatic rings. The van der Waals surface area contributed by atoms with Gasteiger partial charge in [-0.2, -0.15) is 0 Å². The molecule has 0 saturated heterocycles. The third-order valence-electron chi connectivity index (χ3n) is 4.85. The van der Waals surface area contributed by atoms with Gasteiger partial charge in [0.05, 0.1) is 6.10 Å². The van der Waals surface area contributed by atoms with E-state index >= 15 is 0 Å². The average Bonchev–Trinajstić information content (AvgIpc) is 2.47. The molecule has 1 aliphatic carbocycles. The van der Waals surface area contributed by atoms with E-state index in [2.05, 4.69) is 6.92 Å². The van der Waals surface area contributed by atoms with E-state index in [-0.39, 0.29) is 11.2 Å². The number of aliphatic hydroxyl groups excluding tert-OH is 1. The Hall–Kier alpha value is -0.930. The van der Waals surface area contributed by atoms with Crippen molar-refractivity contribution >= 4 is 0 Å². The fourth-order valence-electron chi connectivity index (χ4n) is 3.25. The Labute approximate surface area is 114 Å². The van der Waals surface area contributed by atoms with Gasteiger partial charge in [-0.1, -0.05) is 25.5 Å². The number of nitrogens with two attached hydrogens (primary N) is 1. The molecule has 0 radical (unpaired) electrons. The average molecular weight is 265 g/mol. The summed E-state index contributed by atoms with van der Waals surface area (Å²) in [6, 6.07) is 6.15. The summed E-state index contributed by atoms with van der Waals surface area (Å²) in [4.78, 5) is 0. The molecule has 0 amide bonds. The van der Waals surface area contributed by atoms with Gasteiger partial charge in [-0.3, -0.25) is 0 Å². The zero-order valence-corrected chi connectivity index (χ0v) is 11.6. The smallest absolute Gasteiger partial charge is 0.123 e. The number of hydrogen-bond acceptors (Lipinski definition) is 2. The summed E-state index contributed by atoms with van der Waals surface area (Å²) in [5.74, 6) is 0.493. The van der Waals surface area contributed by atoms with E-state index in [1.165, 1.54) is 18.6 Å². The monoisotopic (exact) mass is 265 g/mol. The van der Waals surface area contributed by atoms with Crippen LogP contribution < -0.4 is 5.73 Å². The minimum atomic E-state index is -0.587. The first-order valence-electron chi connectivity index (χ1n) is 7.25. The predicted octanol–water partition coefficient (Wildman–Crippen LogP) is 3.40. The van der Waals surface area contributed by atoms with E-state index in [0.29, 0.717) is 6.54 Å². The first kappa shape index (κ1) is 14.5. The van der Waals surface area contributed by atoms with Crippen molar-refractivity contribution in [1.29, 1.82) is 0 Å². The highest BCUT2D eigenvalue weighted by molar-refractivity contribution is 5.21. The van der Waals surface area contributed by atoms with Gasteiger partial charge in [0.15, 0.2) is 0 Å². The van der Waals surface area contributed by atoms with Crippen molar-refractivity contribution in [3.05, 3.63) is 35.6 Å². The molecule has 3 N–H and O–H groups in total. The lowest BCUT2D eigenvalue weighted by Crippen LogP contribution is -2.40. The molecule has 1 aromatic carbocycles. The second kappa shape index (κ2) is 6.02. The van der Waals surface area contributed by atoms with Gasteiger partial charge in [0.25, 0.3) is 0 Å². The maximum absolute atomic E-state index is 13.0. The second-order valence-electron chi connectivity index (χ2n) is 5.87. The summed E-state index contributed by atoms with van der Waals surface area (Å²) in [5.41, 5.74) is 6.51. The number of rotatable bonds is 4. The summed E-state index contributed by atoms with van der Waals surface area (Å²) < 4.78 is 13.0. The minimum absolute atomic E-state index is 0.233. The number of halogens is 1. The van der Waals surface area contributed by atoms with Gasteiger partial charge >= 0.3 is 0 Å². The van der Waals surface area contributed by atoms with Gasteiger partial charge in [0.2, 0.25) is 0 Å². The highest BCUT2D eigenvalue weighted by Crippen LogP contribution is 2.47. The number of hydrogen-bond donors (Lipinski definition) is 2. The molecule has 0 bridgehead atoms. The van der Waals surface area contributed by atoms with Gasteiger partial charge < -0.3 is 10.8 Å². The van der Waals surface area contributed by atoms with Gasteiger partial charge in [0.1, 0.15) is 5.82 Å². The molecule has 1 atom stereocenters. The molecule has 0 aliphatic heterocycles. The first-order valence-corrected chi connectivity index (χ1v) is 7.25. The second-order valence-corrected chi connectivity index (χ2v) is 5.87. The Bertz CT molecular complexity index is 396. The van der Waals surface area contributed by atoms with Crippen LogP contribution in [-0.2, 0) is 0 Å². The maximum atomic E-state index is 13.0. The Morgan fingerprint density at radius 3 is 2.37 bits per heavy atom. The summed E-state index contributed by atoms with van der Waals surface area (Å²) >= 11 is 0. The summed E-state index contributed by atoms with van der Waals surface area (Å²) in [5, 5.41) is 10.6. The lowest BCUT2D eigenvalue weighted by molar-refractivity contribution is -0.0103. The third kappa shape index (κ3) is 2.98. The SMILES string of the molecule is CCC1CCC(CN)(C(O)c2ccc(F)cc2)CC1. The molecule has 0 heterocycles. The van der Waals surface area contributed by atoms with Crippen LogP contribution in [0.3, 0.4) is 0 Å². The van der Waals surface area contributed by atoms with Crippen molar-refractivity contribution in [3.8, 4) is 0 Å². The van der Waals surface area contributed by atoms with Crippen LogP contribution in [0.15, 0.2) is 24.3 Å². The van der Waals surface area contributed by atoms with Gasteiger partial charge in [-0.15, -0.1) is 0 Å². The quantitative estimate of drug-likeness (QED) is 0.876. The molecular formula is C16H24FNO. The molecule has 1 unspecified atom stereocenters. The van der Waals surface area contributed by atoms with E-state index in [9.17, 15) is 9.50 Å². The molecular weight excluding hydrogens is 241 g/mol. The molecule has 106 valence electrons. The topological polar surface area (TPSA) is 46.2 Å². The van der Waals surface area contributed by atoms with Gasteiger partial charge in [-0.05, 0) is 49.3 Å². The lowest BCUT2D eigenvalue weighted by atomic mass is 9.65. The fraction of sp³-hybridized carbons (Fsp3) is 0.625. The fourth-order valence-corrected chi connectivity index (χ4v) is 3.25. The Kier molecular flexibility index (Phi) is 4.58.